The van der Waals surface area contributed by atoms with Crippen molar-refractivity contribution >= 4 is 17.6 Å². The average molecular weight is 392 g/mol. The van der Waals surface area contributed by atoms with E-state index < -0.39 is 18.1 Å². The van der Waals surface area contributed by atoms with E-state index in [0.29, 0.717) is 23.8 Å². The van der Waals surface area contributed by atoms with Crippen LogP contribution in [0.15, 0.2) is 48.7 Å². The second kappa shape index (κ2) is 7.70. The molecule has 0 radical (unpaired) electrons. The molecular weight excluding hydrogens is 372 g/mol. The van der Waals surface area contributed by atoms with Crippen molar-refractivity contribution in [1.29, 1.82) is 0 Å². The fraction of sp³-hybridized carbons (Fsp3) is 0.250. The molecule has 2 atom stereocenters. The van der Waals surface area contributed by atoms with Gasteiger partial charge in [-0.05, 0) is 24.6 Å². The molecule has 29 heavy (non-hydrogen) atoms. The summed E-state index contributed by atoms with van der Waals surface area (Å²) in [6.07, 6.45) is 1.51. The summed E-state index contributed by atoms with van der Waals surface area (Å²) in [7, 11) is 1.60. The Balaban J connectivity index is 1.49. The third kappa shape index (κ3) is 3.79. The smallest absolute Gasteiger partial charge is 0.291 e. The minimum Gasteiger partial charge on any atom is -0.484 e. The van der Waals surface area contributed by atoms with Crippen LogP contribution in [0.3, 0.4) is 0 Å². The Bertz CT molecular complexity index is 1040. The van der Waals surface area contributed by atoms with Crippen molar-refractivity contribution in [2.24, 2.45) is 0 Å². The fourth-order valence-corrected chi connectivity index (χ4v) is 3.16. The number of H-pyrrole nitrogens is 1. The monoisotopic (exact) mass is 392 g/mol. The SMILES string of the molecule is CC1Oc2cccnc2N(C)C(=O)C1NC(=O)c1n[nH]c(Cc2ccccc2)n1. The topological polar surface area (TPSA) is 113 Å². The summed E-state index contributed by atoms with van der Waals surface area (Å²) in [4.78, 5) is 35.4. The number of hydrogen-bond donors (Lipinski definition) is 2. The van der Waals surface area contributed by atoms with E-state index in [4.69, 9.17) is 4.74 Å². The first kappa shape index (κ1) is 18.6. The van der Waals surface area contributed by atoms with E-state index in [0.717, 1.165) is 5.56 Å². The highest BCUT2D eigenvalue weighted by Gasteiger charge is 2.37. The largest absolute Gasteiger partial charge is 0.484 e. The zero-order chi connectivity index (χ0) is 20.4. The number of pyridine rings is 1. The fourth-order valence-electron chi connectivity index (χ4n) is 3.16. The summed E-state index contributed by atoms with van der Waals surface area (Å²) in [5.41, 5.74) is 1.04. The number of ether oxygens (including phenoxy) is 1. The van der Waals surface area contributed by atoms with Crippen LogP contribution in [0.25, 0.3) is 0 Å². The molecule has 0 spiro atoms. The van der Waals surface area contributed by atoms with E-state index in [2.05, 4.69) is 25.5 Å². The summed E-state index contributed by atoms with van der Waals surface area (Å²) in [5.74, 6) is 0.537. The molecule has 0 saturated carbocycles. The highest BCUT2D eigenvalue weighted by Crippen LogP contribution is 2.29. The number of aromatic amines is 1. The average Bonchev–Trinajstić information content (AvgIpc) is 3.17. The van der Waals surface area contributed by atoms with Crippen molar-refractivity contribution < 1.29 is 14.3 Å². The second-order valence-electron chi connectivity index (χ2n) is 6.76. The van der Waals surface area contributed by atoms with Crippen LogP contribution >= 0.6 is 0 Å². The highest BCUT2D eigenvalue weighted by atomic mass is 16.5. The molecule has 2 unspecified atom stereocenters. The predicted molar refractivity (Wildman–Crippen MR) is 105 cm³/mol. The van der Waals surface area contributed by atoms with Gasteiger partial charge in [-0.25, -0.2) is 9.97 Å². The Morgan fingerprint density at radius 1 is 1.24 bits per heavy atom. The van der Waals surface area contributed by atoms with Crippen LogP contribution < -0.4 is 15.0 Å². The predicted octanol–water partition coefficient (Wildman–Crippen LogP) is 1.33. The van der Waals surface area contributed by atoms with Crippen LogP contribution in [0.1, 0.15) is 28.9 Å². The number of rotatable bonds is 4. The van der Waals surface area contributed by atoms with Gasteiger partial charge in [-0.3, -0.25) is 19.6 Å². The van der Waals surface area contributed by atoms with Gasteiger partial charge in [0.15, 0.2) is 11.6 Å². The van der Waals surface area contributed by atoms with Crippen molar-refractivity contribution in [1.82, 2.24) is 25.5 Å². The van der Waals surface area contributed by atoms with E-state index in [1.807, 2.05) is 30.3 Å². The lowest BCUT2D eigenvalue weighted by Gasteiger charge is -2.22. The van der Waals surface area contributed by atoms with Crippen molar-refractivity contribution in [2.45, 2.75) is 25.5 Å². The number of fused-ring (bicyclic) bond motifs is 1. The van der Waals surface area contributed by atoms with Crippen molar-refractivity contribution in [3.8, 4) is 5.75 Å². The van der Waals surface area contributed by atoms with Crippen LogP contribution in [0, 0.1) is 0 Å². The van der Waals surface area contributed by atoms with Gasteiger partial charge in [0.1, 0.15) is 18.0 Å². The van der Waals surface area contributed by atoms with E-state index in [-0.39, 0.29) is 11.7 Å². The number of hydrogen-bond acceptors (Lipinski definition) is 6. The maximum atomic E-state index is 12.9. The van der Waals surface area contributed by atoms with Gasteiger partial charge in [-0.1, -0.05) is 30.3 Å². The molecule has 9 heteroatoms. The van der Waals surface area contributed by atoms with Gasteiger partial charge >= 0.3 is 0 Å². The first-order chi connectivity index (χ1) is 14.0. The van der Waals surface area contributed by atoms with Crippen molar-refractivity contribution in [3.05, 3.63) is 65.9 Å². The lowest BCUT2D eigenvalue weighted by molar-refractivity contribution is -0.121. The maximum absolute atomic E-state index is 12.9. The number of likely N-dealkylation sites (N-methyl/N-ethyl adjacent to an activating group) is 1. The molecule has 148 valence electrons. The number of carbonyl (C=O) groups excluding carboxylic acids is 2. The van der Waals surface area contributed by atoms with E-state index in [1.54, 1.807) is 32.3 Å². The Kier molecular flexibility index (Phi) is 4.94. The lowest BCUT2D eigenvalue weighted by atomic mass is 10.1. The first-order valence-electron chi connectivity index (χ1n) is 9.18. The minimum absolute atomic E-state index is 0.0292. The molecule has 0 saturated heterocycles. The number of amides is 2. The molecule has 0 aliphatic carbocycles. The Morgan fingerprint density at radius 2 is 2.03 bits per heavy atom. The zero-order valence-corrected chi connectivity index (χ0v) is 16.0. The third-order valence-electron chi connectivity index (χ3n) is 4.68. The van der Waals surface area contributed by atoms with Crippen molar-refractivity contribution in [2.75, 3.05) is 11.9 Å². The van der Waals surface area contributed by atoms with Gasteiger partial charge in [0.25, 0.3) is 11.8 Å². The molecule has 1 aromatic carbocycles. The molecule has 1 aliphatic rings. The van der Waals surface area contributed by atoms with Gasteiger partial charge in [0.05, 0.1) is 0 Å². The molecule has 3 aromatic rings. The highest BCUT2D eigenvalue weighted by molar-refractivity contribution is 6.02. The zero-order valence-electron chi connectivity index (χ0n) is 16.0. The number of aromatic nitrogens is 4. The van der Waals surface area contributed by atoms with Crippen LogP contribution in [0.2, 0.25) is 0 Å². The molecule has 2 amide bonds. The summed E-state index contributed by atoms with van der Waals surface area (Å²) >= 11 is 0. The number of nitrogens with zero attached hydrogens (tertiary/aromatic N) is 4. The molecule has 1 aliphatic heterocycles. The maximum Gasteiger partial charge on any atom is 0.291 e. The van der Waals surface area contributed by atoms with Gasteiger partial charge in [-0.15, -0.1) is 5.10 Å². The normalized spacial score (nSPS) is 18.6. The molecule has 2 aromatic heterocycles. The Morgan fingerprint density at radius 3 is 2.83 bits per heavy atom. The first-order valence-corrected chi connectivity index (χ1v) is 9.18. The molecular formula is C20H20N6O3. The standard InChI is InChI=1S/C20H20N6O3/c1-12-16(20(28)26(2)18-14(29-12)9-6-10-21-18)23-19(27)17-22-15(24-25-17)11-13-7-4-3-5-8-13/h3-10,12,16H,11H2,1-2H3,(H,23,27)(H,22,24,25). The van der Waals surface area contributed by atoms with Crippen LogP contribution in [-0.2, 0) is 11.2 Å². The molecule has 9 nitrogen and oxygen atoms in total. The van der Waals surface area contributed by atoms with Crippen LogP contribution in [-0.4, -0.2) is 51.2 Å². The van der Waals surface area contributed by atoms with E-state index >= 15 is 0 Å². The van der Waals surface area contributed by atoms with Crippen LogP contribution in [0.5, 0.6) is 5.75 Å². The number of benzene rings is 1. The van der Waals surface area contributed by atoms with Gasteiger partial charge < -0.3 is 10.1 Å². The number of nitrogens with one attached hydrogen (secondary N) is 2. The number of anilines is 1. The molecule has 0 fully saturated rings. The van der Waals surface area contributed by atoms with E-state index in [1.165, 1.54) is 4.90 Å². The minimum atomic E-state index is -0.905. The summed E-state index contributed by atoms with van der Waals surface area (Å²) in [5, 5.41) is 9.44. The summed E-state index contributed by atoms with van der Waals surface area (Å²) < 4.78 is 5.84. The summed E-state index contributed by atoms with van der Waals surface area (Å²) in [6, 6.07) is 12.3. The lowest BCUT2D eigenvalue weighted by Crippen LogP contribution is -2.53. The second-order valence-corrected chi connectivity index (χ2v) is 6.76. The Labute approximate surface area is 167 Å². The van der Waals surface area contributed by atoms with Gasteiger partial charge in [0.2, 0.25) is 5.82 Å². The molecule has 2 N–H and O–H groups in total. The summed E-state index contributed by atoms with van der Waals surface area (Å²) in [6.45, 7) is 1.72. The quantitative estimate of drug-likeness (QED) is 0.693. The van der Waals surface area contributed by atoms with Crippen LogP contribution in [0.4, 0.5) is 5.82 Å². The van der Waals surface area contributed by atoms with Crippen molar-refractivity contribution in [3.63, 3.8) is 0 Å². The van der Waals surface area contributed by atoms with Gasteiger partial charge in [0, 0.05) is 19.7 Å². The third-order valence-corrected chi connectivity index (χ3v) is 4.68. The molecule has 4 rings (SSSR count). The van der Waals surface area contributed by atoms with E-state index in [9.17, 15) is 9.59 Å². The number of carbonyl (C=O) groups is 2. The molecule has 3 heterocycles. The van der Waals surface area contributed by atoms with Gasteiger partial charge in [-0.2, -0.15) is 0 Å². The Hall–Kier alpha value is -3.75. The molecule has 0 bridgehead atoms.